The Bertz CT molecular complexity index is 1950. The predicted octanol–water partition coefficient (Wildman–Crippen LogP) is 10.3. The monoisotopic (exact) mass is 512 g/mol. The molecule has 0 fully saturated rings. The summed E-state index contributed by atoms with van der Waals surface area (Å²) in [7, 11) is 0. The Morgan fingerprint density at radius 3 is 1.82 bits per heavy atom. The van der Waals surface area contributed by atoms with E-state index in [1.54, 1.807) is 0 Å². The molecule has 0 spiro atoms. The van der Waals surface area contributed by atoms with Gasteiger partial charge in [0.1, 0.15) is 5.69 Å². The Balaban J connectivity index is 1.28. The van der Waals surface area contributed by atoms with E-state index in [-0.39, 0.29) is 0 Å². The lowest BCUT2D eigenvalue weighted by Crippen LogP contribution is -2.10. The van der Waals surface area contributed by atoms with Crippen LogP contribution < -0.4 is 4.90 Å². The van der Waals surface area contributed by atoms with Crippen molar-refractivity contribution in [3.8, 4) is 45.2 Å². The third kappa shape index (κ3) is 3.56. The highest BCUT2D eigenvalue weighted by atomic mass is 16.4. The van der Waals surface area contributed by atoms with Crippen molar-refractivity contribution in [2.75, 3.05) is 4.90 Å². The molecule has 0 unspecified atom stereocenters. The summed E-state index contributed by atoms with van der Waals surface area (Å²) in [5, 5.41) is 2.35. The topological polar surface area (TPSA) is 29.3 Å². The number of hydrogen-bond donors (Lipinski definition) is 0. The Morgan fingerprint density at radius 1 is 0.475 bits per heavy atom. The summed E-state index contributed by atoms with van der Waals surface area (Å²) in [6.45, 7) is 0. The zero-order valence-electron chi connectivity index (χ0n) is 21.7. The first-order chi connectivity index (χ1) is 19.8. The highest BCUT2D eigenvalue weighted by Gasteiger charge is 2.30. The van der Waals surface area contributed by atoms with Gasteiger partial charge in [-0.3, -0.25) is 0 Å². The van der Waals surface area contributed by atoms with Crippen LogP contribution >= 0.6 is 0 Å². The fourth-order valence-corrected chi connectivity index (χ4v) is 5.80. The third-order valence-electron chi connectivity index (χ3n) is 7.65. The largest absolute Gasteiger partial charge is 0.435 e. The summed E-state index contributed by atoms with van der Waals surface area (Å²) in [4.78, 5) is 7.28. The minimum Gasteiger partial charge on any atom is -0.435 e. The maximum absolute atomic E-state index is 6.38. The normalized spacial score (nSPS) is 11.5. The van der Waals surface area contributed by atoms with E-state index in [0.717, 1.165) is 45.2 Å². The van der Waals surface area contributed by atoms with Crippen LogP contribution in [0.25, 0.3) is 55.9 Å². The third-order valence-corrected chi connectivity index (χ3v) is 7.65. The number of benzene rings is 6. The summed E-state index contributed by atoms with van der Waals surface area (Å²) in [5.41, 5.74) is 9.83. The second-order valence-electron chi connectivity index (χ2n) is 10.0. The lowest BCUT2D eigenvalue weighted by molar-refractivity contribution is 0.590. The van der Waals surface area contributed by atoms with Gasteiger partial charge in [-0.2, -0.15) is 0 Å². The number of nitrogens with zero attached hydrogens (tertiary/aromatic N) is 2. The number of para-hydroxylation sites is 1. The van der Waals surface area contributed by atoms with E-state index < -0.39 is 0 Å². The van der Waals surface area contributed by atoms with Crippen LogP contribution in [0.15, 0.2) is 150 Å². The van der Waals surface area contributed by atoms with Crippen LogP contribution in [-0.4, -0.2) is 4.98 Å². The average Bonchev–Trinajstić information content (AvgIpc) is 3.60. The van der Waals surface area contributed by atoms with Gasteiger partial charge in [-0.1, -0.05) is 97.1 Å². The van der Waals surface area contributed by atoms with E-state index in [0.29, 0.717) is 5.89 Å². The molecule has 0 bridgehead atoms. The Morgan fingerprint density at radius 2 is 1.10 bits per heavy atom. The predicted molar refractivity (Wildman–Crippen MR) is 164 cm³/mol. The molecule has 7 aromatic rings. The van der Waals surface area contributed by atoms with Crippen LogP contribution in [0.3, 0.4) is 0 Å². The number of hydrogen-bond acceptors (Lipinski definition) is 3. The van der Waals surface area contributed by atoms with Gasteiger partial charge in [-0.15, -0.1) is 0 Å². The van der Waals surface area contributed by atoms with Crippen LogP contribution in [0, 0.1) is 0 Å². The van der Waals surface area contributed by atoms with Crippen molar-refractivity contribution < 1.29 is 4.42 Å². The first kappa shape index (κ1) is 22.6. The molecule has 1 aromatic heterocycles. The SMILES string of the molecule is c1ccc(-c2ccc(N(c3ccccc3)c3ccc4c5c(cccc35)-c3nc(-c5ccccc5)oc3-4)cc2)cc1. The van der Waals surface area contributed by atoms with Gasteiger partial charge < -0.3 is 9.32 Å². The van der Waals surface area contributed by atoms with Crippen molar-refractivity contribution in [2.45, 2.75) is 0 Å². The van der Waals surface area contributed by atoms with E-state index in [1.165, 1.54) is 21.9 Å². The number of aromatic nitrogens is 1. The summed E-state index contributed by atoms with van der Waals surface area (Å²) in [5.74, 6) is 1.50. The van der Waals surface area contributed by atoms with Gasteiger partial charge in [0, 0.05) is 38.8 Å². The summed E-state index contributed by atoms with van der Waals surface area (Å²) in [6, 6.07) is 50.8. The second kappa shape index (κ2) is 9.11. The second-order valence-corrected chi connectivity index (χ2v) is 10.0. The lowest BCUT2D eigenvalue weighted by atomic mass is 10.0. The minimum atomic E-state index is 0.654. The van der Waals surface area contributed by atoms with E-state index in [1.807, 2.05) is 36.4 Å². The van der Waals surface area contributed by atoms with Crippen molar-refractivity contribution in [1.29, 1.82) is 0 Å². The van der Waals surface area contributed by atoms with E-state index in [4.69, 9.17) is 9.40 Å². The minimum absolute atomic E-state index is 0.654. The van der Waals surface area contributed by atoms with Gasteiger partial charge in [0.2, 0.25) is 5.89 Å². The molecule has 40 heavy (non-hydrogen) atoms. The van der Waals surface area contributed by atoms with Gasteiger partial charge in [0.15, 0.2) is 5.76 Å². The van der Waals surface area contributed by atoms with E-state index in [2.05, 4.69) is 114 Å². The first-order valence-electron chi connectivity index (χ1n) is 13.5. The molecule has 1 heterocycles. The zero-order chi connectivity index (χ0) is 26.5. The van der Waals surface area contributed by atoms with Gasteiger partial charge in [0.05, 0.1) is 5.69 Å². The van der Waals surface area contributed by atoms with Gasteiger partial charge >= 0.3 is 0 Å². The quantitative estimate of drug-likeness (QED) is 0.230. The summed E-state index contributed by atoms with van der Waals surface area (Å²) in [6.07, 6.45) is 0. The van der Waals surface area contributed by atoms with Crippen LogP contribution in [0.1, 0.15) is 0 Å². The number of rotatable bonds is 5. The van der Waals surface area contributed by atoms with Gasteiger partial charge in [0.25, 0.3) is 0 Å². The molecule has 3 heteroatoms. The zero-order valence-corrected chi connectivity index (χ0v) is 21.7. The fourth-order valence-electron chi connectivity index (χ4n) is 5.80. The highest BCUT2D eigenvalue weighted by molar-refractivity contribution is 6.17. The molecule has 8 rings (SSSR count). The van der Waals surface area contributed by atoms with Crippen molar-refractivity contribution in [3.63, 3.8) is 0 Å². The smallest absolute Gasteiger partial charge is 0.227 e. The molecular weight excluding hydrogens is 488 g/mol. The molecule has 188 valence electrons. The standard InChI is InChI=1S/C37H24N2O/c1-4-11-25(12-5-1)26-19-21-29(22-20-26)39(28-15-8-3-9-16-28)33-24-23-32-34-30(33)17-10-18-31(34)35-36(32)40-37(38-35)27-13-6-2-7-14-27/h1-24H. The number of anilines is 3. The number of oxazole rings is 1. The van der Waals surface area contributed by atoms with Crippen LogP contribution in [0.5, 0.6) is 0 Å². The maximum atomic E-state index is 6.38. The first-order valence-corrected chi connectivity index (χ1v) is 13.5. The fraction of sp³-hybridized carbons (Fsp3) is 0. The summed E-state index contributed by atoms with van der Waals surface area (Å²) >= 11 is 0. The Kier molecular flexibility index (Phi) is 5.14. The Hall–Kier alpha value is -5.41. The lowest BCUT2D eigenvalue weighted by Gasteiger charge is -2.27. The number of fused-ring (bicyclic) bond motifs is 3. The molecule has 0 aliphatic heterocycles. The van der Waals surface area contributed by atoms with E-state index >= 15 is 0 Å². The average molecular weight is 513 g/mol. The molecule has 3 nitrogen and oxygen atoms in total. The molecule has 0 saturated carbocycles. The molecule has 1 aliphatic rings. The van der Waals surface area contributed by atoms with Crippen molar-refractivity contribution in [1.82, 2.24) is 4.98 Å². The Labute approximate surface area is 232 Å². The van der Waals surface area contributed by atoms with Crippen LogP contribution in [0.2, 0.25) is 0 Å². The molecule has 6 aromatic carbocycles. The van der Waals surface area contributed by atoms with Gasteiger partial charge in [-0.05, 0) is 59.7 Å². The molecular formula is C37H24N2O. The maximum Gasteiger partial charge on any atom is 0.227 e. The summed E-state index contributed by atoms with van der Waals surface area (Å²) < 4.78 is 6.38. The molecule has 1 aliphatic carbocycles. The van der Waals surface area contributed by atoms with Crippen molar-refractivity contribution >= 4 is 27.8 Å². The van der Waals surface area contributed by atoms with Crippen molar-refractivity contribution in [2.24, 2.45) is 0 Å². The van der Waals surface area contributed by atoms with Gasteiger partial charge in [-0.25, -0.2) is 4.98 Å². The van der Waals surface area contributed by atoms with Crippen molar-refractivity contribution in [3.05, 3.63) is 146 Å². The van der Waals surface area contributed by atoms with Crippen LogP contribution in [0.4, 0.5) is 17.1 Å². The van der Waals surface area contributed by atoms with Crippen LogP contribution in [-0.2, 0) is 0 Å². The molecule has 0 saturated heterocycles. The molecule has 0 atom stereocenters. The molecule has 0 radical (unpaired) electrons. The molecule has 0 N–H and O–H groups in total. The highest BCUT2D eigenvalue weighted by Crippen LogP contribution is 2.51. The van der Waals surface area contributed by atoms with E-state index in [9.17, 15) is 0 Å². The molecule has 0 amide bonds.